The molecular weight excluding hydrogens is 292 g/mol. The van der Waals surface area contributed by atoms with Crippen LogP contribution in [-0.4, -0.2) is 26.5 Å². The number of sulfonamides is 1. The van der Waals surface area contributed by atoms with Crippen molar-refractivity contribution in [3.05, 3.63) is 23.8 Å². The first kappa shape index (κ1) is 15.8. The van der Waals surface area contributed by atoms with Gasteiger partial charge in [-0.1, -0.05) is 13.3 Å². The fourth-order valence-electron chi connectivity index (χ4n) is 2.39. The van der Waals surface area contributed by atoms with Crippen molar-refractivity contribution < 1.29 is 17.9 Å². The van der Waals surface area contributed by atoms with Crippen molar-refractivity contribution in [1.82, 2.24) is 5.32 Å². The summed E-state index contributed by atoms with van der Waals surface area (Å²) in [6.07, 6.45) is 1.63. The fourth-order valence-corrected chi connectivity index (χ4v) is 2.95. The van der Waals surface area contributed by atoms with Gasteiger partial charge < -0.3 is 10.1 Å². The van der Waals surface area contributed by atoms with Crippen LogP contribution in [0.4, 0.5) is 0 Å². The second-order valence-corrected chi connectivity index (χ2v) is 6.88. The summed E-state index contributed by atoms with van der Waals surface area (Å²) in [6, 6.07) is 4.48. The van der Waals surface area contributed by atoms with E-state index in [9.17, 15) is 13.2 Å². The highest BCUT2D eigenvalue weighted by Gasteiger charge is 2.30. The van der Waals surface area contributed by atoms with Gasteiger partial charge in [-0.05, 0) is 37.1 Å². The quantitative estimate of drug-likeness (QED) is 0.845. The summed E-state index contributed by atoms with van der Waals surface area (Å²) in [5.74, 6) is 0.356. The molecule has 0 fully saturated rings. The van der Waals surface area contributed by atoms with Crippen LogP contribution in [0.1, 0.15) is 32.3 Å². The largest absolute Gasteiger partial charge is 0.480 e. The molecule has 1 amide bonds. The van der Waals surface area contributed by atoms with Gasteiger partial charge in [0.25, 0.3) is 5.91 Å². The standard InChI is InChI=1S/C14H20N2O4S/c1-3-4-9(2)16-14(17)13-8-10-7-11(21(15,18)19)5-6-12(10)20-13/h5-7,9,13H,3-4,8H2,1-2H3,(H,16,17)(H2,15,18,19). The first-order chi connectivity index (χ1) is 9.81. The van der Waals surface area contributed by atoms with Gasteiger partial charge >= 0.3 is 0 Å². The highest BCUT2D eigenvalue weighted by Crippen LogP contribution is 2.30. The van der Waals surface area contributed by atoms with Gasteiger partial charge in [-0.3, -0.25) is 4.79 Å². The molecule has 6 nitrogen and oxygen atoms in total. The lowest BCUT2D eigenvalue weighted by Gasteiger charge is -2.16. The van der Waals surface area contributed by atoms with Crippen molar-refractivity contribution >= 4 is 15.9 Å². The number of nitrogens with two attached hydrogens (primary N) is 1. The van der Waals surface area contributed by atoms with Crippen LogP contribution in [0, 0.1) is 0 Å². The Labute approximate surface area is 124 Å². The maximum Gasteiger partial charge on any atom is 0.261 e. The summed E-state index contributed by atoms with van der Waals surface area (Å²) in [7, 11) is -3.74. The van der Waals surface area contributed by atoms with Gasteiger partial charge in [0.15, 0.2) is 6.10 Å². The van der Waals surface area contributed by atoms with E-state index in [1.54, 1.807) is 0 Å². The van der Waals surface area contributed by atoms with E-state index in [4.69, 9.17) is 9.88 Å². The molecule has 2 rings (SSSR count). The van der Waals surface area contributed by atoms with E-state index >= 15 is 0 Å². The van der Waals surface area contributed by atoms with Gasteiger partial charge in [-0.25, -0.2) is 13.6 Å². The van der Waals surface area contributed by atoms with Crippen molar-refractivity contribution in [2.75, 3.05) is 0 Å². The molecule has 1 aromatic carbocycles. The maximum atomic E-state index is 12.1. The van der Waals surface area contributed by atoms with E-state index in [0.717, 1.165) is 12.8 Å². The van der Waals surface area contributed by atoms with E-state index in [1.165, 1.54) is 18.2 Å². The Morgan fingerprint density at radius 2 is 2.24 bits per heavy atom. The second-order valence-electron chi connectivity index (χ2n) is 5.32. The highest BCUT2D eigenvalue weighted by molar-refractivity contribution is 7.89. The normalized spacial score (nSPS) is 18.7. The molecule has 2 atom stereocenters. The van der Waals surface area contributed by atoms with Crippen molar-refractivity contribution in [2.24, 2.45) is 5.14 Å². The molecule has 0 saturated heterocycles. The van der Waals surface area contributed by atoms with Crippen LogP contribution in [0.15, 0.2) is 23.1 Å². The molecule has 0 aliphatic carbocycles. The van der Waals surface area contributed by atoms with Gasteiger partial charge in [-0.2, -0.15) is 0 Å². The van der Waals surface area contributed by atoms with Gasteiger partial charge in [-0.15, -0.1) is 0 Å². The molecule has 1 heterocycles. The minimum Gasteiger partial charge on any atom is -0.480 e. The first-order valence-corrected chi connectivity index (χ1v) is 8.48. The van der Waals surface area contributed by atoms with E-state index in [2.05, 4.69) is 12.2 Å². The van der Waals surface area contributed by atoms with Gasteiger partial charge in [0.05, 0.1) is 4.90 Å². The molecule has 0 spiro atoms. The minimum atomic E-state index is -3.74. The molecule has 1 aliphatic heterocycles. The van der Waals surface area contributed by atoms with Crippen LogP contribution in [0.3, 0.4) is 0 Å². The van der Waals surface area contributed by atoms with Crippen LogP contribution < -0.4 is 15.2 Å². The molecule has 0 aromatic heterocycles. The molecular formula is C14H20N2O4S. The molecule has 116 valence electrons. The second kappa shape index (κ2) is 6.03. The van der Waals surface area contributed by atoms with Crippen molar-refractivity contribution in [1.29, 1.82) is 0 Å². The molecule has 0 radical (unpaired) electrons. The number of amides is 1. The van der Waals surface area contributed by atoms with Crippen LogP contribution in [0.5, 0.6) is 5.75 Å². The van der Waals surface area contributed by atoms with E-state index in [1.807, 2.05) is 6.92 Å². The topological polar surface area (TPSA) is 98.5 Å². The number of carbonyl (C=O) groups excluding carboxylic acids is 1. The monoisotopic (exact) mass is 312 g/mol. The number of primary sulfonamides is 1. The molecule has 3 N–H and O–H groups in total. The third-order valence-corrected chi connectivity index (χ3v) is 4.35. The Morgan fingerprint density at radius 1 is 1.52 bits per heavy atom. The molecule has 0 bridgehead atoms. The number of hydrogen-bond donors (Lipinski definition) is 2. The smallest absolute Gasteiger partial charge is 0.261 e. The highest BCUT2D eigenvalue weighted by atomic mass is 32.2. The zero-order chi connectivity index (χ0) is 15.6. The van der Waals surface area contributed by atoms with Crippen molar-refractivity contribution in [3.8, 4) is 5.75 Å². The first-order valence-electron chi connectivity index (χ1n) is 6.94. The zero-order valence-corrected chi connectivity index (χ0v) is 12.9. The molecule has 21 heavy (non-hydrogen) atoms. The van der Waals surface area contributed by atoms with Crippen LogP contribution in [0.2, 0.25) is 0 Å². The summed E-state index contributed by atoms with van der Waals surface area (Å²) in [4.78, 5) is 12.1. The Kier molecular flexibility index (Phi) is 4.53. The third kappa shape index (κ3) is 3.74. The van der Waals surface area contributed by atoms with Gasteiger partial charge in [0.2, 0.25) is 10.0 Å². The lowest BCUT2D eigenvalue weighted by molar-refractivity contribution is -0.127. The average Bonchev–Trinajstić information content (AvgIpc) is 2.80. The van der Waals surface area contributed by atoms with Crippen LogP contribution in [-0.2, 0) is 21.2 Å². The summed E-state index contributed by atoms with van der Waals surface area (Å²) in [5.41, 5.74) is 0.685. The summed E-state index contributed by atoms with van der Waals surface area (Å²) in [6.45, 7) is 4.00. The summed E-state index contributed by atoms with van der Waals surface area (Å²) in [5, 5.41) is 7.99. The van der Waals surface area contributed by atoms with E-state index in [0.29, 0.717) is 17.7 Å². The predicted octanol–water partition coefficient (Wildman–Crippen LogP) is 0.942. The minimum absolute atomic E-state index is 0.0326. The summed E-state index contributed by atoms with van der Waals surface area (Å²) < 4.78 is 28.2. The Balaban J connectivity index is 2.07. The number of rotatable bonds is 5. The number of fused-ring (bicyclic) bond motifs is 1. The lowest BCUT2D eigenvalue weighted by atomic mass is 10.1. The predicted molar refractivity (Wildman–Crippen MR) is 78.4 cm³/mol. The maximum absolute atomic E-state index is 12.1. The number of ether oxygens (including phenoxy) is 1. The molecule has 1 aliphatic rings. The van der Waals surface area contributed by atoms with Crippen molar-refractivity contribution in [3.63, 3.8) is 0 Å². The molecule has 0 saturated carbocycles. The van der Waals surface area contributed by atoms with Crippen molar-refractivity contribution in [2.45, 2.75) is 50.2 Å². The van der Waals surface area contributed by atoms with Crippen LogP contribution >= 0.6 is 0 Å². The van der Waals surface area contributed by atoms with Gasteiger partial charge in [0, 0.05) is 12.5 Å². The number of benzene rings is 1. The number of hydrogen-bond acceptors (Lipinski definition) is 4. The Bertz CT molecular complexity index is 642. The molecule has 7 heteroatoms. The molecule has 1 aromatic rings. The van der Waals surface area contributed by atoms with Gasteiger partial charge in [0.1, 0.15) is 5.75 Å². The average molecular weight is 312 g/mol. The lowest BCUT2D eigenvalue weighted by Crippen LogP contribution is -2.42. The summed E-state index contributed by atoms with van der Waals surface area (Å²) >= 11 is 0. The Hall–Kier alpha value is -1.60. The zero-order valence-electron chi connectivity index (χ0n) is 12.1. The number of nitrogens with one attached hydrogen (secondary N) is 1. The third-order valence-electron chi connectivity index (χ3n) is 3.44. The Morgan fingerprint density at radius 3 is 2.86 bits per heavy atom. The van der Waals surface area contributed by atoms with Crippen LogP contribution in [0.25, 0.3) is 0 Å². The van der Waals surface area contributed by atoms with E-state index < -0.39 is 16.1 Å². The fraction of sp³-hybridized carbons (Fsp3) is 0.500. The van der Waals surface area contributed by atoms with E-state index in [-0.39, 0.29) is 16.8 Å². The number of carbonyl (C=O) groups is 1. The molecule has 2 unspecified atom stereocenters. The SMILES string of the molecule is CCCC(C)NC(=O)C1Cc2cc(S(N)(=O)=O)ccc2O1.